The maximum Gasteiger partial charge on any atom is 0.436 e. The van der Waals surface area contributed by atoms with E-state index in [2.05, 4.69) is 37.3 Å². The summed E-state index contributed by atoms with van der Waals surface area (Å²) in [6.07, 6.45) is 1.39. The molecule has 0 saturated heterocycles. The van der Waals surface area contributed by atoms with Crippen LogP contribution in [0.25, 0.3) is 0 Å². The highest BCUT2D eigenvalue weighted by Gasteiger charge is 2.14. The largest absolute Gasteiger partial charge is 0.453 e. The number of hydrogen-bond acceptors (Lipinski definition) is 6. The second-order valence-electron chi connectivity index (χ2n) is 6.80. The molecule has 3 N–H and O–H groups in total. The van der Waals surface area contributed by atoms with Gasteiger partial charge in [0.2, 0.25) is 11.9 Å². The second kappa shape index (κ2) is 13.8. The van der Waals surface area contributed by atoms with Crippen molar-refractivity contribution in [3.63, 3.8) is 0 Å². The number of guanidine groups is 1. The molecule has 0 spiro atoms. The molecule has 0 aliphatic heterocycles. The summed E-state index contributed by atoms with van der Waals surface area (Å²) >= 11 is 1.51. The molecule has 0 aliphatic rings. The standard InChI is InChI=1S/C23H28N4O5S/c1-4-5-7-12-20(28)24-18-14-13-17(33-16-10-8-6-9-11-16)15-19(18)25-21(26-22(29)31-2)27-23(30)32-3/h6,8-11,13-15H,4-5,7,12H2,1-3H3,(H,24,28)(H2,25,26,27,29,30). The van der Waals surface area contributed by atoms with Crippen LogP contribution in [0.1, 0.15) is 32.6 Å². The van der Waals surface area contributed by atoms with Crippen molar-refractivity contribution in [3.8, 4) is 0 Å². The lowest BCUT2D eigenvalue weighted by Gasteiger charge is -2.16. The number of nitrogens with zero attached hydrogens (tertiary/aromatic N) is 1. The number of hydrogen-bond donors (Lipinski definition) is 3. The minimum atomic E-state index is -0.922. The summed E-state index contributed by atoms with van der Waals surface area (Å²) in [6.45, 7) is 2.07. The summed E-state index contributed by atoms with van der Waals surface area (Å²) in [5.74, 6) is -0.348. The maximum atomic E-state index is 12.4. The number of nitrogens with one attached hydrogen (secondary N) is 3. The molecule has 176 valence electrons. The Labute approximate surface area is 197 Å². The number of ether oxygens (including phenoxy) is 2. The van der Waals surface area contributed by atoms with Crippen LogP contribution in [0.4, 0.5) is 21.0 Å². The highest BCUT2D eigenvalue weighted by Crippen LogP contribution is 2.33. The average Bonchev–Trinajstić information content (AvgIpc) is 2.81. The SMILES string of the molecule is CCCCCC(=O)Nc1ccc(Sc2ccccc2)cc1NC(=NC(=O)OC)NC(=O)OC. The summed E-state index contributed by atoms with van der Waals surface area (Å²) in [4.78, 5) is 41.4. The number of benzene rings is 2. The van der Waals surface area contributed by atoms with Gasteiger partial charge < -0.3 is 20.1 Å². The Morgan fingerprint density at radius 3 is 2.33 bits per heavy atom. The predicted octanol–water partition coefficient (Wildman–Crippen LogP) is 5.25. The number of carbonyl (C=O) groups is 3. The molecule has 2 aromatic carbocycles. The van der Waals surface area contributed by atoms with Crippen LogP contribution in [-0.2, 0) is 14.3 Å². The number of anilines is 2. The third kappa shape index (κ3) is 9.24. The lowest BCUT2D eigenvalue weighted by Crippen LogP contribution is -2.36. The molecule has 0 heterocycles. The van der Waals surface area contributed by atoms with E-state index < -0.39 is 12.2 Å². The molecule has 0 radical (unpaired) electrons. The number of aliphatic imine (C=N–C) groups is 1. The minimum absolute atomic E-state index is 0.137. The normalized spacial score (nSPS) is 10.8. The lowest BCUT2D eigenvalue weighted by molar-refractivity contribution is -0.116. The van der Waals surface area contributed by atoms with Crippen molar-refractivity contribution in [2.24, 2.45) is 4.99 Å². The van der Waals surface area contributed by atoms with Gasteiger partial charge in [0, 0.05) is 16.2 Å². The molecule has 2 rings (SSSR count). The van der Waals surface area contributed by atoms with E-state index in [9.17, 15) is 14.4 Å². The van der Waals surface area contributed by atoms with Gasteiger partial charge >= 0.3 is 12.2 Å². The van der Waals surface area contributed by atoms with Crippen molar-refractivity contribution in [2.75, 3.05) is 24.9 Å². The fourth-order valence-corrected chi connectivity index (χ4v) is 3.55. The van der Waals surface area contributed by atoms with Crippen molar-refractivity contribution < 1.29 is 23.9 Å². The predicted molar refractivity (Wildman–Crippen MR) is 129 cm³/mol. The first-order valence-electron chi connectivity index (χ1n) is 10.4. The molecule has 0 atom stereocenters. The van der Waals surface area contributed by atoms with Gasteiger partial charge in [0.25, 0.3) is 0 Å². The number of amides is 3. The molecular formula is C23H28N4O5S. The Morgan fingerprint density at radius 1 is 0.909 bits per heavy atom. The zero-order chi connectivity index (χ0) is 24.1. The van der Waals surface area contributed by atoms with E-state index >= 15 is 0 Å². The van der Waals surface area contributed by atoms with Gasteiger partial charge in [-0.25, -0.2) is 9.59 Å². The zero-order valence-electron chi connectivity index (χ0n) is 18.8. The van der Waals surface area contributed by atoms with Crippen LogP contribution in [0.5, 0.6) is 0 Å². The molecule has 0 bridgehead atoms. The van der Waals surface area contributed by atoms with Crippen LogP contribution in [0.15, 0.2) is 63.3 Å². The number of carbonyl (C=O) groups excluding carboxylic acids is 3. The first-order valence-corrected chi connectivity index (χ1v) is 11.2. The van der Waals surface area contributed by atoms with Gasteiger partial charge in [-0.15, -0.1) is 4.99 Å². The van der Waals surface area contributed by atoms with Crippen molar-refractivity contribution in [3.05, 3.63) is 48.5 Å². The van der Waals surface area contributed by atoms with Crippen LogP contribution in [0, 0.1) is 0 Å². The van der Waals surface area contributed by atoms with Crippen molar-refractivity contribution in [2.45, 2.75) is 42.4 Å². The Morgan fingerprint density at radius 2 is 1.67 bits per heavy atom. The van der Waals surface area contributed by atoms with Crippen LogP contribution >= 0.6 is 11.8 Å². The fourth-order valence-electron chi connectivity index (χ4n) is 2.67. The fraction of sp³-hybridized carbons (Fsp3) is 0.304. The second-order valence-corrected chi connectivity index (χ2v) is 7.95. The van der Waals surface area contributed by atoms with Crippen LogP contribution in [0.3, 0.4) is 0 Å². The van der Waals surface area contributed by atoms with Crippen molar-refractivity contribution in [1.82, 2.24) is 5.32 Å². The molecule has 0 fully saturated rings. The minimum Gasteiger partial charge on any atom is -0.453 e. The zero-order valence-corrected chi connectivity index (χ0v) is 19.7. The summed E-state index contributed by atoms with van der Waals surface area (Å²) in [5.41, 5.74) is 0.900. The molecule has 2 aromatic rings. The molecule has 0 aliphatic carbocycles. The topological polar surface area (TPSA) is 118 Å². The summed E-state index contributed by atoms with van der Waals surface area (Å²) in [6, 6.07) is 15.2. The van der Waals surface area contributed by atoms with Crippen molar-refractivity contribution >= 4 is 47.2 Å². The third-order valence-electron chi connectivity index (χ3n) is 4.29. The highest BCUT2D eigenvalue weighted by atomic mass is 32.2. The molecule has 0 unspecified atom stereocenters. The highest BCUT2D eigenvalue weighted by molar-refractivity contribution is 7.99. The van der Waals surface area contributed by atoms with Gasteiger partial charge in [-0.3, -0.25) is 10.1 Å². The molecular weight excluding hydrogens is 444 g/mol. The molecule has 9 nitrogen and oxygen atoms in total. The molecule has 10 heteroatoms. The van der Waals surface area contributed by atoms with E-state index in [0.29, 0.717) is 17.8 Å². The summed E-state index contributed by atoms with van der Waals surface area (Å²) in [7, 11) is 2.35. The van der Waals surface area contributed by atoms with Crippen LogP contribution in [-0.4, -0.2) is 38.3 Å². The van der Waals surface area contributed by atoms with E-state index in [0.717, 1.165) is 29.1 Å². The maximum absolute atomic E-state index is 12.4. The van der Waals surface area contributed by atoms with Crippen molar-refractivity contribution in [1.29, 1.82) is 0 Å². The molecule has 0 saturated carbocycles. The van der Waals surface area contributed by atoms with E-state index in [-0.39, 0.29) is 11.9 Å². The van der Waals surface area contributed by atoms with Crippen LogP contribution < -0.4 is 16.0 Å². The van der Waals surface area contributed by atoms with Gasteiger partial charge in [-0.05, 0) is 36.8 Å². The first kappa shape index (κ1) is 25.7. The molecule has 0 aromatic heterocycles. The van der Waals surface area contributed by atoms with E-state index in [1.54, 1.807) is 12.1 Å². The Kier molecular flexibility index (Phi) is 10.8. The van der Waals surface area contributed by atoms with Gasteiger partial charge in [0.05, 0.1) is 25.6 Å². The van der Waals surface area contributed by atoms with E-state index in [1.807, 2.05) is 36.4 Å². The number of rotatable bonds is 8. The molecule has 33 heavy (non-hydrogen) atoms. The Balaban J connectivity index is 2.34. The first-order chi connectivity index (χ1) is 15.9. The summed E-state index contributed by atoms with van der Waals surface area (Å²) < 4.78 is 9.14. The smallest absolute Gasteiger partial charge is 0.436 e. The Hall–Kier alpha value is -3.53. The average molecular weight is 473 g/mol. The number of unbranched alkanes of at least 4 members (excludes halogenated alkanes) is 2. The van der Waals surface area contributed by atoms with E-state index in [1.165, 1.54) is 26.0 Å². The summed E-state index contributed by atoms with van der Waals surface area (Å²) in [5, 5.41) is 8.09. The molecule has 3 amide bonds. The third-order valence-corrected chi connectivity index (χ3v) is 5.29. The van der Waals surface area contributed by atoms with Gasteiger partial charge in [0.15, 0.2) is 0 Å². The number of methoxy groups -OCH3 is 2. The van der Waals surface area contributed by atoms with Gasteiger partial charge in [-0.2, -0.15) is 0 Å². The quantitative estimate of drug-likeness (QED) is 0.273. The monoisotopic (exact) mass is 472 g/mol. The van der Waals surface area contributed by atoms with E-state index in [4.69, 9.17) is 0 Å². The number of alkyl carbamates (subject to hydrolysis) is 1. The van der Waals surface area contributed by atoms with Gasteiger partial charge in [0.1, 0.15) is 0 Å². The van der Waals surface area contributed by atoms with Crippen LogP contribution in [0.2, 0.25) is 0 Å². The Bertz CT molecular complexity index is 982. The lowest BCUT2D eigenvalue weighted by atomic mass is 10.2. The van der Waals surface area contributed by atoms with Gasteiger partial charge in [-0.1, -0.05) is 49.7 Å².